The molecule has 1 fully saturated rings. The van der Waals surface area contributed by atoms with E-state index in [0.717, 1.165) is 50.4 Å². The average Bonchev–Trinajstić information content (AvgIpc) is 3.45. The first-order valence-corrected chi connectivity index (χ1v) is 10.1. The van der Waals surface area contributed by atoms with Gasteiger partial charge in [-0.1, -0.05) is 30.3 Å². The molecule has 3 aromatic rings. The maximum absolute atomic E-state index is 13.0. The number of piperidine rings is 1. The fraction of sp³-hybridized carbons (Fsp3) is 0.429. The van der Waals surface area contributed by atoms with E-state index in [1.54, 1.807) is 6.20 Å². The summed E-state index contributed by atoms with van der Waals surface area (Å²) in [5.74, 6) is 2.49. The van der Waals surface area contributed by atoms with Crippen molar-refractivity contribution in [1.29, 1.82) is 0 Å². The zero-order valence-corrected chi connectivity index (χ0v) is 15.9. The SMILES string of the molecule is O=C(c1cnn(Cc2ccccc2)c1)N1CCC[C@@H](c2nnc3n2CCC3)C1. The van der Waals surface area contributed by atoms with Gasteiger partial charge in [-0.15, -0.1) is 10.2 Å². The molecule has 5 rings (SSSR count). The fourth-order valence-electron chi connectivity index (χ4n) is 4.36. The number of carbonyl (C=O) groups excluding carboxylic acids is 1. The van der Waals surface area contributed by atoms with Crippen LogP contribution in [0.15, 0.2) is 42.7 Å². The van der Waals surface area contributed by atoms with E-state index in [1.165, 1.54) is 5.56 Å². The van der Waals surface area contributed by atoms with E-state index in [1.807, 2.05) is 34.0 Å². The second-order valence-electron chi connectivity index (χ2n) is 7.73. The number of nitrogens with zero attached hydrogens (tertiary/aromatic N) is 6. The highest BCUT2D eigenvalue weighted by Crippen LogP contribution is 2.29. The van der Waals surface area contributed by atoms with E-state index in [2.05, 4.69) is 32.0 Å². The van der Waals surface area contributed by atoms with E-state index in [0.29, 0.717) is 18.7 Å². The Labute approximate surface area is 164 Å². The minimum Gasteiger partial charge on any atom is -0.338 e. The van der Waals surface area contributed by atoms with Crippen LogP contribution in [0.25, 0.3) is 0 Å². The summed E-state index contributed by atoms with van der Waals surface area (Å²) in [5, 5.41) is 13.2. The highest BCUT2D eigenvalue weighted by Gasteiger charge is 2.30. The minimum absolute atomic E-state index is 0.0603. The van der Waals surface area contributed by atoms with Crippen LogP contribution >= 0.6 is 0 Å². The summed E-state index contributed by atoms with van der Waals surface area (Å²) >= 11 is 0. The molecule has 28 heavy (non-hydrogen) atoms. The van der Waals surface area contributed by atoms with Crippen molar-refractivity contribution in [3.8, 4) is 0 Å². The molecule has 0 N–H and O–H groups in total. The lowest BCUT2D eigenvalue weighted by molar-refractivity contribution is 0.0703. The summed E-state index contributed by atoms with van der Waals surface area (Å²) in [6, 6.07) is 10.2. The number of amides is 1. The third-order valence-electron chi connectivity index (χ3n) is 5.78. The molecule has 7 heteroatoms. The Morgan fingerprint density at radius 2 is 2.00 bits per heavy atom. The zero-order valence-electron chi connectivity index (χ0n) is 15.9. The maximum atomic E-state index is 13.0. The Morgan fingerprint density at radius 3 is 2.89 bits per heavy atom. The van der Waals surface area contributed by atoms with Crippen LogP contribution < -0.4 is 0 Å². The number of rotatable bonds is 4. The van der Waals surface area contributed by atoms with Gasteiger partial charge in [-0.05, 0) is 24.8 Å². The number of benzene rings is 1. The lowest BCUT2D eigenvalue weighted by Gasteiger charge is -2.32. The van der Waals surface area contributed by atoms with Crippen molar-refractivity contribution < 1.29 is 4.79 Å². The summed E-state index contributed by atoms with van der Waals surface area (Å²) in [4.78, 5) is 15.0. The van der Waals surface area contributed by atoms with Crippen LogP contribution in [-0.4, -0.2) is 48.4 Å². The van der Waals surface area contributed by atoms with Gasteiger partial charge >= 0.3 is 0 Å². The topological polar surface area (TPSA) is 68.8 Å². The van der Waals surface area contributed by atoms with Crippen LogP contribution in [0.4, 0.5) is 0 Å². The van der Waals surface area contributed by atoms with Gasteiger partial charge < -0.3 is 9.47 Å². The third-order valence-corrected chi connectivity index (χ3v) is 5.78. The van der Waals surface area contributed by atoms with Gasteiger partial charge in [0, 0.05) is 38.2 Å². The standard InChI is InChI=1S/C21H24N6O/c28-21(18-12-22-26(15-18)13-16-6-2-1-3-7-16)25-10-4-8-17(14-25)20-24-23-19-9-5-11-27(19)20/h1-3,6-7,12,15,17H,4-5,8-11,13-14H2/t17-/m1/s1. The first kappa shape index (κ1) is 17.2. The van der Waals surface area contributed by atoms with Gasteiger partial charge in [-0.3, -0.25) is 9.48 Å². The Kier molecular flexibility index (Phi) is 4.43. The molecule has 0 aliphatic carbocycles. The van der Waals surface area contributed by atoms with Crippen molar-refractivity contribution in [2.45, 2.75) is 44.7 Å². The quantitative estimate of drug-likeness (QED) is 0.702. The molecular formula is C21H24N6O. The normalized spacial score (nSPS) is 19.0. The van der Waals surface area contributed by atoms with Crippen LogP contribution in [0.1, 0.15) is 52.8 Å². The van der Waals surface area contributed by atoms with Crippen LogP contribution in [0.2, 0.25) is 0 Å². The summed E-state index contributed by atoms with van der Waals surface area (Å²) in [7, 11) is 0. The average molecular weight is 376 g/mol. The lowest BCUT2D eigenvalue weighted by Crippen LogP contribution is -2.39. The third kappa shape index (κ3) is 3.21. The molecule has 2 aromatic heterocycles. The molecule has 1 amide bonds. The van der Waals surface area contributed by atoms with Gasteiger partial charge in [0.05, 0.1) is 18.3 Å². The van der Waals surface area contributed by atoms with E-state index in [4.69, 9.17) is 0 Å². The molecule has 0 unspecified atom stereocenters. The summed E-state index contributed by atoms with van der Waals surface area (Å²) in [6.07, 6.45) is 7.76. The maximum Gasteiger partial charge on any atom is 0.257 e. The molecule has 0 radical (unpaired) electrons. The zero-order chi connectivity index (χ0) is 18.9. The molecule has 1 saturated heterocycles. The van der Waals surface area contributed by atoms with Crippen molar-refractivity contribution in [1.82, 2.24) is 29.4 Å². The first-order valence-electron chi connectivity index (χ1n) is 10.1. The van der Waals surface area contributed by atoms with Gasteiger partial charge in [0.1, 0.15) is 11.6 Å². The number of aromatic nitrogens is 5. The molecule has 2 aliphatic heterocycles. The molecular weight excluding hydrogens is 352 g/mol. The number of carbonyl (C=O) groups is 1. The molecule has 2 aliphatic rings. The largest absolute Gasteiger partial charge is 0.338 e. The number of hydrogen-bond acceptors (Lipinski definition) is 4. The number of likely N-dealkylation sites (tertiary alicyclic amines) is 1. The summed E-state index contributed by atoms with van der Waals surface area (Å²) in [6.45, 7) is 3.18. The molecule has 4 heterocycles. The van der Waals surface area contributed by atoms with E-state index >= 15 is 0 Å². The van der Waals surface area contributed by atoms with Gasteiger partial charge in [0.15, 0.2) is 0 Å². The van der Waals surface area contributed by atoms with Gasteiger partial charge in [0.2, 0.25) is 0 Å². The van der Waals surface area contributed by atoms with E-state index < -0.39 is 0 Å². The van der Waals surface area contributed by atoms with Gasteiger partial charge in [-0.25, -0.2) is 0 Å². The van der Waals surface area contributed by atoms with Crippen LogP contribution in [0.5, 0.6) is 0 Å². The van der Waals surface area contributed by atoms with Crippen LogP contribution in [0, 0.1) is 0 Å². The summed E-state index contributed by atoms with van der Waals surface area (Å²) in [5.41, 5.74) is 1.83. The second kappa shape index (κ2) is 7.22. The molecule has 0 bridgehead atoms. The number of hydrogen-bond donors (Lipinski definition) is 0. The predicted molar refractivity (Wildman–Crippen MR) is 104 cm³/mol. The first-order chi connectivity index (χ1) is 13.8. The Hall–Kier alpha value is -2.96. The number of aryl methyl sites for hydroxylation is 1. The monoisotopic (exact) mass is 376 g/mol. The molecule has 1 aromatic carbocycles. The minimum atomic E-state index is 0.0603. The van der Waals surface area contributed by atoms with Crippen molar-refractivity contribution in [3.05, 3.63) is 65.5 Å². The van der Waals surface area contributed by atoms with E-state index in [-0.39, 0.29) is 11.8 Å². The fourth-order valence-corrected chi connectivity index (χ4v) is 4.36. The van der Waals surface area contributed by atoms with Crippen molar-refractivity contribution in [3.63, 3.8) is 0 Å². The Morgan fingerprint density at radius 1 is 1.11 bits per heavy atom. The smallest absolute Gasteiger partial charge is 0.257 e. The van der Waals surface area contributed by atoms with Crippen molar-refractivity contribution in [2.24, 2.45) is 0 Å². The van der Waals surface area contributed by atoms with Crippen LogP contribution in [0.3, 0.4) is 0 Å². The molecule has 1 atom stereocenters. The highest BCUT2D eigenvalue weighted by atomic mass is 16.2. The van der Waals surface area contributed by atoms with Gasteiger partial charge in [0.25, 0.3) is 5.91 Å². The second-order valence-corrected chi connectivity index (χ2v) is 7.73. The van der Waals surface area contributed by atoms with Crippen molar-refractivity contribution >= 4 is 5.91 Å². The van der Waals surface area contributed by atoms with Gasteiger partial charge in [-0.2, -0.15) is 5.10 Å². The van der Waals surface area contributed by atoms with Crippen molar-refractivity contribution in [2.75, 3.05) is 13.1 Å². The molecule has 7 nitrogen and oxygen atoms in total. The molecule has 144 valence electrons. The molecule has 0 spiro atoms. The lowest BCUT2D eigenvalue weighted by atomic mass is 9.96. The number of fused-ring (bicyclic) bond motifs is 1. The Balaban J connectivity index is 1.29. The predicted octanol–water partition coefficient (Wildman–Crippen LogP) is 2.49. The molecule has 0 saturated carbocycles. The Bertz CT molecular complexity index is 976. The van der Waals surface area contributed by atoms with E-state index in [9.17, 15) is 4.79 Å². The van der Waals surface area contributed by atoms with Crippen LogP contribution in [-0.2, 0) is 19.5 Å². The highest BCUT2D eigenvalue weighted by molar-refractivity contribution is 5.93. The summed E-state index contributed by atoms with van der Waals surface area (Å²) < 4.78 is 4.09.